The highest BCUT2D eigenvalue weighted by Gasteiger charge is 2.06. The monoisotopic (exact) mass is 227 g/mol. The van der Waals surface area contributed by atoms with Gasteiger partial charge < -0.3 is 5.73 Å². The van der Waals surface area contributed by atoms with Gasteiger partial charge in [-0.3, -0.25) is 0 Å². The predicted octanol–water partition coefficient (Wildman–Crippen LogP) is 2.76. The van der Waals surface area contributed by atoms with Crippen molar-refractivity contribution in [2.75, 3.05) is 5.73 Å². The van der Waals surface area contributed by atoms with Gasteiger partial charge in [0.2, 0.25) is 0 Å². The van der Waals surface area contributed by atoms with Crippen LogP contribution in [0.5, 0.6) is 0 Å². The summed E-state index contributed by atoms with van der Waals surface area (Å²) in [4.78, 5) is 0. The van der Waals surface area contributed by atoms with E-state index in [9.17, 15) is 0 Å². The van der Waals surface area contributed by atoms with Gasteiger partial charge in [-0.15, -0.1) is 0 Å². The van der Waals surface area contributed by atoms with Crippen molar-refractivity contribution >= 4 is 28.9 Å². The van der Waals surface area contributed by atoms with Crippen molar-refractivity contribution < 1.29 is 0 Å². The molecule has 0 saturated heterocycles. The second kappa shape index (κ2) is 3.52. The summed E-state index contributed by atoms with van der Waals surface area (Å²) in [5.74, 6) is 0. The van der Waals surface area contributed by atoms with E-state index in [-0.39, 0.29) is 0 Å². The lowest BCUT2D eigenvalue weighted by Gasteiger charge is -2.07. The van der Waals surface area contributed by atoms with Crippen LogP contribution in [-0.4, -0.2) is 9.78 Å². The third-order valence-electron chi connectivity index (χ3n) is 1.82. The van der Waals surface area contributed by atoms with Crippen molar-refractivity contribution in [3.05, 3.63) is 40.6 Å². The van der Waals surface area contributed by atoms with Gasteiger partial charge in [0, 0.05) is 12.4 Å². The molecule has 0 aliphatic rings. The molecule has 0 saturated carbocycles. The van der Waals surface area contributed by atoms with Crippen molar-refractivity contribution in [2.45, 2.75) is 0 Å². The molecule has 3 nitrogen and oxygen atoms in total. The normalized spacial score (nSPS) is 10.4. The first-order valence-electron chi connectivity index (χ1n) is 3.93. The second-order valence-corrected chi connectivity index (χ2v) is 3.59. The van der Waals surface area contributed by atoms with E-state index in [0.29, 0.717) is 15.7 Å². The van der Waals surface area contributed by atoms with Crippen molar-refractivity contribution in [3.8, 4) is 5.69 Å². The third kappa shape index (κ3) is 1.56. The number of anilines is 1. The van der Waals surface area contributed by atoms with E-state index in [2.05, 4.69) is 5.10 Å². The van der Waals surface area contributed by atoms with Crippen molar-refractivity contribution in [1.82, 2.24) is 9.78 Å². The van der Waals surface area contributed by atoms with Gasteiger partial charge in [-0.1, -0.05) is 23.2 Å². The number of hydrogen-bond acceptors (Lipinski definition) is 2. The van der Waals surface area contributed by atoms with E-state index < -0.39 is 0 Å². The molecule has 72 valence electrons. The van der Waals surface area contributed by atoms with Gasteiger partial charge >= 0.3 is 0 Å². The molecule has 2 aromatic rings. The minimum Gasteiger partial charge on any atom is -0.397 e. The summed E-state index contributed by atoms with van der Waals surface area (Å²) in [6.45, 7) is 0. The molecule has 2 N–H and O–H groups in total. The van der Waals surface area contributed by atoms with E-state index in [1.807, 2.05) is 6.07 Å². The molecule has 0 spiro atoms. The maximum absolute atomic E-state index is 5.87. The summed E-state index contributed by atoms with van der Waals surface area (Å²) in [5, 5.41) is 4.96. The number of nitrogens with zero attached hydrogens (tertiary/aromatic N) is 2. The summed E-state index contributed by atoms with van der Waals surface area (Å²) >= 11 is 11.7. The van der Waals surface area contributed by atoms with Crippen molar-refractivity contribution in [2.24, 2.45) is 0 Å². The van der Waals surface area contributed by atoms with Crippen LogP contribution < -0.4 is 5.73 Å². The first-order valence-corrected chi connectivity index (χ1v) is 4.68. The van der Waals surface area contributed by atoms with E-state index >= 15 is 0 Å². The van der Waals surface area contributed by atoms with Gasteiger partial charge in [-0.05, 0) is 18.2 Å². The molecule has 2 rings (SSSR count). The lowest BCUT2D eigenvalue weighted by molar-refractivity contribution is 0.883. The fourth-order valence-electron chi connectivity index (χ4n) is 1.16. The molecule has 1 aromatic heterocycles. The number of rotatable bonds is 1. The standard InChI is InChI=1S/C9H7Cl2N3/c10-6-4-8(12)9(5-7(6)11)14-3-1-2-13-14/h1-5H,12H2. The number of halogens is 2. The van der Waals surface area contributed by atoms with Gasteiger partial charge in [0.1, 0.15) is 0 Å². The average molecular weight is 228 g/mol. The van der Waals surface area contributed by atoms with Gasteiger partial charge in [-0.2, -0.15) is 5.10 Å². The Kier molecular flexibility index (Phi) is 2.35. The molecule has 0 unspecified atom stereocenters. The first kappa shape index (κ1) is 9.37. The van der Waals surface area contributed by atoms with Gasteiger partial charge in [0.15, 0.2) is 0 Å². The van der Waals surface area contributed by atoms with E-state index in [0.717, 1.165) is 5.69 Å². The van der Waals surface area contributed by atoms with Crippen LogP contribution in [0.25, 0.3) is 5.69 Å². The minimum absolute atomic E-state index is 0.445. The maximum atomic E-state index is 5.87. The maximum Gasteiger partial charge on any atom is 0.0890 e. The van der Waals surface area contributed by atoms with Crippen molar-refractivity contribution in [3.63, 3.8) is 0 Å². The Morgan fingerprint density at radius 2 is 1.93 bits per heavy atom. The number of nitrogen functional groups attached to an aromatic ring is 1. The zero-order valence-corrected chi connectivity index (χ0v) is 8.63. The van der Waals surface area contributed by atoms with Crippen LogP contribution >= 0.6 is 23.2 Å². The van der Waals surface area contributed by atoms with Crippen LogP contribution in [-0.2, 0) is 0 Å². The number of nitrogens with two attached hydrogens (primary N) is 1. The predicted molar refractivity (Wildman–Crippen MR) is 58.0 cm³/mol. The summed E-state index contributed by atoms with van der Waals surface area (Å²) in [6, 6.07) is 5.11. The van der Waals surface area contributed by atoms with Crippen LogP contribution in [0.3, 0.4) is 0 Å². The summed E-state index contributed by atoms with van der Waals surface area (Å²) < 4.78 is 1.64. The van der Waals surface area contributed by atoms with Crippen molar-refractivity contribution in [1.29, 1.82) is 0 Å². The third-order valence-corrected chi connectivity index (χ3v) is 2.54. The Labute approximate surface area is 91.0 Å². The van der Waals surface area contributed by atoms with Crippen LogP contribution in [0.15, 0.2) is 30.6 Å². The largest absolute Gasteiger partial charge is 0.397 e. The molecule has 0 amide bonds. The van der Waals surface area contributed by atoms with Crippen LogP contribution in [0.1, 0.15) is 0 Å². The Morgan fingerprint density at radius 1 is 1.21 bits per heavy atom. The molecule has 0 bridgehead atoms. The fourth-order valence-corrected chi connectivity index (χ4v) is 1.49. The Bertz CT molecular complexity index is 451. The fraction of sp³-hybridized carbons (Fsp3) is 0. The number of benzene rings is 1. The number of aromatic nitrogens is 2. The highest BCUT2D eigenvalue weighted by molar-refractivity contribution is 6.42. The van der Waals surface area contributed by atoms with E-state index in [1.165, 1.54) is 0 Å². The Balaban J connectivity index is 2.60. The second-order valence-electron chi connectivity index (χ2n) is 2.78. The molecule has 0 radical (unpaired) electrons. The van der Waals surface area contributed by atoms with E-state index in [1.54, 1.807) is 29.2 Å². The average Bonchev–Trinajstić information content (AvgIpc) is 2.64. The Hall–Kier alpha value is -1.19. The zero-order valence-electron chi connectivity index (χ0n) is 7.11. The molecule has 0 fully saturated rings. The molecule has 14 heavy (non-hydrogen) atoms. The van der Waals surface area contributed by atoms with Crippen LogP contribution in [0, 0.1) is 0 Å². The van der Waals surface area contributed by atoms with Crippen LogP contribution in [0.2, 0.25) is 10.0 Å². The molecule has 0 aliphatic carbocycles. The quantitative estimate of drug-likeness (QED) is 0.762. The van der Waals surface area contributed by atoms with Gasteiger partial charge in [-0.25, -0.2) is 4.68 Å². The molecular formula is C9H7Cl2N3. The van der Waals surface area contributed by atoms with Gasteiger partial charge in [0.25, 0.3) is 0 Å². The molecule has 1 aromatic carbocycles. The molecule has 1 heterocycles. The summed E-state index contributed by atoms with van der Waals surface area (Å²) in [5.41, 5.74) is 7.05. The zero-order chi connectivity index (χ0) is 10.1. The Morgan fingerprint density at radius 3 is 2.57 bits per heavy atom. The van der Waals surface area contributed by atoms with E-state index in [4.69, 9.17) is 28.9 Å². The van der Waals surface area contributed by atoms with Crippen LogP contribution in [0.4, 0.5) is 5.69 Å². The molecule has 0 atom stereocenters. The lowest BCUT2D eigenvalue weighted by Crippen LogP contribution is -2.00. The first-order chi connectivity index (χ1) is 6.68. The molecule has 0 aliphatic heterocycles. The molecular weight excluding hydrogens is 221 g/mol. The smallest absolute Gasteiger partial charge is 0.0890 e. The molecule has 5 heteroatoms. The van der Waals surface area contributed by atoms with Gasteiger partial charge in [0.05, 0.1) is 21.4 Å². The topological polar surface area (TPSA) is 43.8 Å². The lowest BCUT2D eigenvalue weighted by atomic mass is 10.3. The highest BCUT2D eigenvalue weighted by Crippen LogP contribution is 2.29. The minimum atomic E-state index is 0.445. The number of hydrogen-bond donors (Lipinski definition) is 1. The summed E-state index contributed by atoms with van der Waals surface area (Å²) in [7, 11) is 0. The SMILES string of the molecule is Nc1cc(Cl)c(Cl)cc1-n1cccn1. The summed E-state index contributed by atoms with van der Waals surface area (Å²) in [6.07, 6.45) is 3.46. The highest BCUT2D eigenvalue weighted by atomic mass is 35.5.